The molecule has 0 radical (unpaired) electrons. The zero-order chi connectivity index (χ0) is 15.6. The van der Waals surface area contributed by atoms with Gasteiger partial charge in [-0.1, -0.05) is 11.6 Å². The van der Waals surface area contributed by atoms with Crippen molar-refractivity contribution in [1.82, 2.24) is 9.97 Å². The summed E-state index contributed by atoms with van der Waals surface area (Å²) in [6.07, 6.45) is -2.99. The van der Waals surface area contributed by atoms with Gasteiger partial charge in [0.2, 0.25) is 5.95 Å². The fraction of sp³-hybridized carbons (Fsp3) is 0.167. The summed E-state index contributed by atoms with van der Waals surface area (Å²) in [5.74, 6) is 5.66. The number of anilines is 3. The molecule has 0 fully saturated rings. The quantitative estimate of drug-likeness (QED) is 0.597. The minimum absolute atomic E-state index is 0.0313. The summed E-state index contributed by atoms with van der Waals surface area (Å²) in [6.45, 7) is 1.71. The van der Waals surface area contributed by atoms with E-state index in [1.54, 1.807) is 6.92 Å². The van der Waals surface area contributed by atoms with Crippen LogP contribution in [-0.4, -0.2) is 9.97 Å². The number of halogens is 4. The van der Waals surface area contributed by atoms with E-state index in [1.165, 1.54) is 12.3 Å². The largest absolute Gasteiger partial charge is 0.416 e. The molecule has 9 heteroatoms. The Bertz CT molecular complexity index is 660. The molecule has 112 valence electrons. The second-order valence-electron chi connectivity index (χ2n) is 4.22. The van der Waals surface area contributed by atoms with Gasteiger partial charge < -0.3 is 5.32 Å². The van der Waals surface area contributed by atoms with E-state index in [-0.39, 0.29) is 16.7 Å². The predicted molar refractivity (Wildman–Crippen MR) is 74.3 cm³/mol. The number of hydrogen-bond acceptors (Lipinski definition) is 5. The Labute approximate surface area is 123 Å². The standard InChI is InChI=1S/C12H11ClF3N5/c1-6-5-18-11(21-17)20-10(6)19-9-3-7(12(14,15)16)2-8(13)4-9/h2-5H,17H2,1H3,(H2,18,19,20,21). The van der Waals surface area contributed by atoms with Crippen molar-refractivity contribution in [3.05, 3.63) is 40.5 Å². The normalized spacial score (nSPS) is 11.3. The number of hydrogen-bond donors (Lipinski definition) is 3. The average Bonchev–Trinajstić information content (AvgIpc) is 2.39. The fourth-order valence-corrected chi connectivity index (χ4v) is 1.84. The molecule has 4 N–H and O–H groups in total. The molecule has 1 aromatic heterocycles. The lowest BCUT2D eigenvalue weighted by Crippen LogP contribution is -2.12. The van der Waals surface area contributed by atoms with Gasteiger partial charge in [0, 0.05) is 22.5 Å². The molecule has 0 saturated heterocycles. The lowest BCUT2D eigenvalue weighted by molar-refractivity contribution is -0.137. The van der Waals surface area contributed by atoms with Crippen molar-refractivity contribution in [2.45, 2.75) is 13.1 Å². The molecule has 0 aliphatic carbocycles. The molecule has 0 aliphatic heterocycles. The van der Waals surface area contributed by atoms with E-state index < -0.39 is 11.7 Å². The topological polar surface area (TPSA) is 75.9 Å². The maximum atomic E-state index is 12.7. The molecule has 0 unspecified atom stereocenters. The molecule has 0 spiro atoms. The van der Waals surface area contributed by atoms with E-state index in [4.69, 9.17) is 17.4 Å². The van der Waals surface area contributed by atoms with Gasteiger partial charge in [-0.2, -0.15) is 18.2 Å². The van der Waals surface area contributed by atoms with Gasteiger partial charge in [0.05, 0.1) is 5.56 Å². The highest BCUT2D eigenvalue weighted by Crippen LogP contribution is 2.34. The van der Waals surface area contributed by atoms with Crippen LogP contribution in [0.15, 0.2) is 24.4 Å². The number of aromatic nitrogens is 2. The number of nitrogens with one attached hydrogen (secondary N) is 2. The first-order chi connectivity index (χ1) is 9.79. The van der Waals surface area contributed by atoms with Gasteiger partial charge in [-0.25, -0.2) is 10.8 Å². The molecular weight excluding hydrogens is 307 g/mol. The minimum Gasteiger partial charge on any atom is -0.340 e. The van der Waals surface area contributed by atoms with E-state index >= 15 is 0 Å². The van der Waals surface area contributed by atoms with Gasteiger partial charge in [0.1, 0.15) is 5.82 Å². The summed E-state index contributed by atoms with van der Waals surface area (Å²) in [6, 6.07) is 3.17. The van der Waals surface area contributed by atoms with Crippen LogP contribution in [-0.2, 0) is 6.18 Å². The van der Waals surface area contributed by atoms with Crippen LogP contribution < -0.4 is 16.6 Å². The van der Waals surface area contributed by atoms with Gasteiger partial charge >= 0.3 is 6.18 Å². The minimum atomic E-state index is -4.48. The lowest BCUT2D eigenvalue weighted by atomic mass is 10.2. The SMILES string of the molecule is Cc1cnc(NN)nc1Nc1cc(Cl)cc(C(F)(F)F)c1. The molecule has 1 aromatic carbocycles. The number of nitrogen functional groups attached to an aromatic ring is 1. The van der Waals surface area contributed by atoms with Crippen LogP contribution in [0.1, 0.15) is 11.1 Å². The summed E-state index contributed by atoms with van der Waals surface area (Å²) in [4.78, 5) is 7.91. The van der Waals surface area contributed by atoms with Crippen molar-refractivity contribution in [3.8, 4) is 0 Å². The molecule has 0 bridgehead atoms. The van der Waals surface area contributed by atoms with Crippen LogP contribution in [0.5, 0.6) is 0 Å². The van der Waals surface area contributed by atoms with Crippen molar-refractivity contribution >= 4 is 29.1 Å². The summed E-state index contributed by atoms with van der Waals surface area (Å²) in [5.41, 5.74) is 2.22. The number of hydrazine groups is 1. The van der Waals surface area contributed by atoms with Gasteiger partial charge in [-0.3, -0.25) is 5.43 Å². The third kappa shape index (κ3) is 3.73. The summed E-state index contributed by atoms with van der Waals surface area (Å²) < 4.78 is 38.2. The van der Waals surface area contributed by atoms with Gasteiger partial charge in [0.15, 0.2) is 0 Å². The Hall–Kier alpha value is -2.06. The summed E-state index contributed by atoms with van der Waals surface area (Å²) in [5, 5.41) is 2.74. The maximum Gasteiger partial charge on any atom is 0.416 e. The summed E-state index contributed by atoms with van der Waals surface area (Å²) >= 11 is 5.72. The molecule has 0 aliphatic rings. The van der Waals surface area contributed by atoms with E-state index in [0.717, 1.165) is 12.1 Å². The number of alkyl halides is 3. The smallest absolute Gasteiger partial charge is 0.340 e. The lowest BCUT2D eigenvalue weighted by Gasteiger charge is -2.13. The molecular formula is C12H11ClF3N5. The Kier molecular flexibility index (Phi) is 4.19. The number of nitrogens with zero attached hydrogens (tertiary/aromatic N) is 2. The zero-order valence-electron chi connectivity index (χ0n) is 10.8. The van der Waals surface area contributed by atoms with Crippen LogP contribution in [0.4, 0.5) is 30.6 Å². The Balaban J connectivity index is 2.38. The molecule has 21 heavy (non-hydrogen) atoms. The predicted octanol–water partition coefficient (Wildman–Crippen LogP) is 3.49. The van der Waals surface area contributed by atoms with Crippen LogP contribution >= 0.6 is 11.6 Å². The first-order valence-electron chi connectivity index (χ1n) is 5.74. The van der Waals surface area contributed by atoms with Crippen molar-refractivity contribution < 1.29 is 13.2 Å². The van der Waals surface area contributed by atoms with Gasteiger partial charge in [-0.15, -0.1) is 0 Å². The Morgan fingerprint density at radius 3 is 2.57 bits per heavy atom. The third-order valence-corrected chi connectivity index (χ3v) is 2.81. The van der Waals surface area contributed by atoms with Crippen LogP contribution in [0.2, 0.25) is 5.02 Å². The van der Waals surface area contributed by atoms with Gasteiger partial charge in [0.25, 0.3) is 0 Å². The maximum absolute atomic E-state index is 12.7. The van der Waals surface area contributed by atoms with E-state index in [2.05, 4.69) is 20.7 Å². The first kappa shape index (κ1) is 15.3. The fourth-order valence-electron chi connectivity index (χ4n) is 1.60. The Morgan fingerprint density at radius 1 is 1.24 bits per heavy atom. The van der Waals surface area contributed by atoms with E-state index in [9.17, 15) is 13.2 Å². The highest BCUT2D eigenvalue weighted by atomic mass is 35.5. The molecule has 0 atom stereocenters. The van der Waals surface area contributed by atoms with Crippen molar-refractivity contribution in [2.75, 3.05) is 10.7 Å². The van der Waals surface area contributed by atoms with Crippen LogP contribution in [0, 0.1) is 6.92 Å². The second kappa shape index (κ2) is 5.74. The number of aryl methyl sites for hydroxylation is 1. The number of rotatable bonds is 3. The molecule has 0 amide bonds. The summed E-state index contributed by atoms with van der Waals surface area (Å²) in [7, 11) is 0. The van der Waals surface area contributed by atoms with Crippen molar-refractivity contribution in [3.63, 3.8) is 0 Å². The highest BCUT2D eigenvalue weighted by Gasteiger charge is 2.31. The molecule has 0 saturated carbocycles. The van der Waals surface area contributed by atoms with Crippen LogP contribution in [0.25, 0.3) is 0 Å². The van der Waals surface area contributed by atoms with Crippen molar-refractivity contribution in [2.24, 2.45) is 5.84 Å². The highest BCUT2D eigenvalue weighted by molar-refractivity contribution is 6.31. The monoisotopic (exact) mass is 317 g/mol. The zero-order valence-corrected chi connectivity index (χ0v) is 11.5. The van der Waals surface area contributed by atoms with E-state index in [0.29, 0.717) is 11.4 Å². The van der Waals surface area contributed by atoms with Crippen molar-refractivity contribution in [1.29, 1.82) is 0 Å². The molecule has 5 nitrogen and oxygen atoms in total. The average molecular weight is 318 g/mol. The molecule has 1 heterocycles. The van der Waals surface area contributed by atoms with E-state index in [1.807, 2.05) is 0 Å². The Morgan fingerprint density at radius 2 is 1.95 bits per heavy atom. The number of nitrogens with two attached hydrogens (primary N) is 1. The second-order valence-corrected chi connectivity index (χ2v) is 4.66. The molecule has 2 aromatic rings. The third-order valence-electron chi connectivity index (χ3n) is 2.59. The van der Waals surface area contributed by atoms with Crippen LogP contribution in [0.3, 0.4) is 0 Å². The number of benzene rings is 1. The van der Waals surface area contributed by atoms with Gasteiger partial charge in [-0.05, 0) is 25.1 Å². The first-order valence-corrected chi connectivity index (χ1v) is 6.12. The molecule has 2 rings (SSSR count).